The Morgan fingerprint density at radius 1 is 1.12 bits per heavy atom. The van der Waals surface area contributed by atoms with Crippen LogP contribution in [0, 0.1) is 17.8 Å². The Kier molecular flexibility index (Phi) is 7.33. The fourth-order valence-electron chi connectivity index (χ4n) is 5.25. The summed E-state index contributed by atoms with van der Waals surface area (Å²) in [6, 6.07) is 11.7. The van der Waals surface area contributed by atoms with Crippen molar-refractivity contribution >= 4 is 17.6 Å². The van der Waals surface area contributed by atoms with Gasteiger partial charge in [-0.3, -0.25) is 14.5 Å². The molecule has 1 saturated carbocycles. The molecule has 2 aliphatic carbocycles. The van der Waals surface area contributed by atoms with Gasteiger partial charge in [0, 0.05) is 24.7 Å². The standard InChI is InChI=1S/C28H34N4O2/c1-4-32(3)28(14-6-7-15-28)27(34)31(2)17-9-10-21-12-13-22-19-24(20-23(22)18-21)26(33)30-25-11-5-8-16-29-25/h5,8,11-13,16,18,24H,4,6-7,14-15,17,19-20H2,1-3H3,(H,29,30,33)/t24-/m1/s1. The van der Waals surface area contributed by atoms with Crippen LogP contribution in [0.15, 0.2) is 42.6 Å². The number of pyridine rings is 1. The number of aromatic nitrogens is 1. The number of likely N-dealkylation sites (N-methyl/N-ethyl adjacent to an activating group) is 2. The first-order valence-corrected chi connectivity index (χ1v) is 12.2. The molecule has 1 fully saturated rings. The molecule has 1 aromatic heterocycles. The topological polar surface area (TPSA) is 65.5 Å². The fraction of sp³-hybridized carbons (Fsp3) is 0.464. The van der Waals surface area contributed by atoms with Gasteiger partial charge in [0.2, 0.25) is 11.8 Å². The molecule has 1 N–H and O–H groups in total. The highest BCUT2D eigenvalue weighted by Gasteiger charge is 2.45. The Labute approximate surface area is 202 Å². The molecule has 0 bridgehead atoms. The van der Waals surface area contributed by atoms with Crippen LogP contribution in [0.5, 0.6) is 0 Å². The molecule has 1 heterocycles. The zero-order chi connectivity index (χ0) is 24.1. The van der Waals surface area contributed by atoms with Crippen LogP contribution in [0.1, 0.15) is 49.3 Å². The maximum atomic E-state index is 13.3. The number of benzene rings is 1. The number of carbonyl (C=O) groups excluding carboxylic acids is 2. The minimum absolute atomic E-state index is 0.000519. The number of amides is 2. The van der Waals surface area contributed by atoms with Crippen molar-refractivity contribution in [3.63, 3.8) is 0 Å². The summed E-state index contributed by atoms with van der Waals surface area (Å²) in [4.78, 5) is 34.1. The average Bonchev–Trinajstić information content (AvgIpc) is 3.51. The number of carbonyl (C=O) groups is 2. The Morgan fingerprint density at radius 3 is 2.59 bits per heavy atom. The molecule has 6 heteroatoms. The van der Waals surface area contributed by atoms with Gasteiger partial charge < -0.3 is 10.2 Å². The summed E-state index contributed by atoms with van der Waals surface area (Å²) in [5, 5.41) is 2.91. The number of rotatable bonds is 6. The van der Waals surface area contributed by atoms with Crippen molar-refractivity contribution < 1.29 is 9.59 Å². The predicted molar refractivity (Wildman–Crippen MR) is 134 cm³/mol. The van der Waals surface area contributed by atoms with Gasteiger partial charge in [-0.25, -0.2) is 4.98 Å². The van der Waals surface area contributed by atoms with E-state index in [1.165, 1.54) is 11.1 Å². The van der Waals surface area contributed by atoms with Crippen LogP contribution in [0.2, 0.25) is 0 Å². The van der Waals surface area contributed by atoms with E-state index < -0.39 is 0 Å². The Balaban J connectivity index is 1.36. The van der Waals surface area contributed by atoms with Gasteiger partial charge >= 0.3 is 0 Å². The molecule has 4 rings (SSSR count). The summed E-state index contributed by atoms with van der Waals surface area (Å²) in [6.07, 6.45) is 7.16. The maximum Gasteiger partial charge on any atom is 0.243 e. The lowest BCUT2D eigenvalue weighted by atomic mass is 9.93. The van der Waals surface area contributed by atoms with E-state index in [9.17, 15) is 9.59 Å². The van der Waals surface area contributed by atoms with Gasteiger partial charge in [-0.15, -0.1) is 0 Å². The summed E-state index contributed by atoms with van der Waals surface area (Å²) in [7, 11) is 3.91. The largest absolute Gasteiger partial charge is 0.333 e. The van der Waals surface area contributed by atoms with Gasteiger partial charge in [0.25, 0.3) is 0 Å². The predicted octanol–water partition coefficient (Wildman–Crippen LogP) is 3.51. The summed E-state index contributed by atoms with van der Waals surface area (Å²) < 4.78 is 0. The summed E-state index contributed by atoms with van der Waals surface area (Å²) in [6.45, 7) is 3.37. The van der Waals surface area contributed by atoms with Crippen molar-refractivity contribution in [2.45, 2.75) is 51.0 Å². The SMILES string of the molecule is CCN(C)C1(C(=O)N(C)CC#Cc2ccc3c(c2)C[C@H](C(=O)Nc2ccccn2)C3)CCCC1. The van der Waals surface area contributed by atoms with Crippen molar-refractivity contribution in [1.29, 1.82) is 0 Å². The van der Waals surface area contributed by atoms with E-state index in [4.69, 9.17) is 0 Å². The highest BCUT2D eigenvalue weighted by molar-refractivity contribution is 5.92. The molecule has 1 aromatic carbocycles. The van der Waals surface area contributed by atoms with E-state index in [0.717, 1.165) is 44.2 Å². The van der Waals surface area contributed by atoms with Gasteiger partial charge in [-0.2, -0.15) is 0 Å². The molecular weight excluding hydrogens is 424 g/mol. The minimum atomic E-state index is -0.371. The summed E-state index contributed by atoms with van der Waals surface area (Å²) in [5.74, 6) is 7.08. The molecule has 6 nitrogen and oxygen atoms in total. The zero-order valence-corrected chi connectivity index (χ0v) is 20.4. The van der Waals surface area contributed by atoms with E-state index >= 15 is 0 Å². The van der Waals surface area contributed by atoms with Crippen LogP contribution in [0.25, 0.3) is 0 Å². The highest BCUT2D eigenvalue weighted by Crippen LogP contribution is 2.36. The van der Waals surface area contributed by atoms with E-state index in [1.807, 2.05) is 25.2 Å². The molecule has 2 aliphatic rings. The van der Waals surface area contributed by atoms with Crippen molar-refractivity contribution in [3.8, 4) is 11.8 Å². The van der Waals surface area contributed by atoms with E-state index in [1.54, 1.807) is 17.2 Å². The van der Waals surface area contributed by atoms with Crippen molar-refractivity contribution in [2.24, 2.45) is 5.92 Å². The van der Waals surface area contributed by atoms with Gasteiger partial charge in [-0.05, 0) is 74.7 Å². The number of nitrogens with zero attached hydrogens (tertiary/aromatic N) is 3. The third kappa shape index (κ3) is 5.00. The number of fused-ring (bicyclic) bond motifs is 1. The fourth-order valence-corrected chi connectivity index (χ4v) is 5.25. The number of hydrogen-bond donors (Lipinski definition) is 1. The molecule has 0 spiro atoms. The molecule has 34 heavy (non-hydrogen) atoms. The first kappa shape index (κ1) is 24.0. The lowest BCUT2D eigenvalue weighted by molar-refractivity contribution is -0.141. The van der Waals surface area contributed by atoms with Crippen LogP contribution in [0.3, 0.4) is 0 Å². The summed E-state index contributed by atoms with van der Waals surface area (Å²) >= 11 is 0. The van der Waals surface area contributed by atoms with Gasteiger partial charge in [-0.1, -0.05) is 43.7 Å². The van der Waals surface area contributed by atoms with Gasteiger partial charge in [0.05, 0.1) is 6.54 Å². The second-order valence-electron chi connectivity index (χ2n) is 9.51. The molecule has 1 atom stereocenters. The number of anilines is 1. The van der Waals surface area contributed by atoms with Crippen LogP contribution in [-0.2, 0) is 22.4 Å². The van der Waals surface area contributed by atoms with E-state index in [-0.39, 0.29) is 23.3 Å². The van der Waals surface area contributed by atoms with E-state index in [0.29, 0.717) is 18.8 Å². The Hall–Kier alpha value is -3.17. The monoisotopic (exact) mass is 458 g/mol. The summed E-state index contributed by atoms with van der Waals surface area (Å²) in [5.41, 5.74) is 2.92. The molecule has 2 aromatic rings. The third-order valence-corrected chi connectivity index (χ3v) is 7.36. The van der Waals surface area contributed by atoms with E-state index in [2.05, 4.69) is 53.1 Å². The average molecular weight is 459 g/mol. The molecule has 0 aliphatic heterocycles. The van der Waals surface area contributed by atoms with Crippen molar-refractivity contribution in [2.75, 3.05) is 32.5 Å². The van der Waals surface area contributed by atoms with Crippen molar-refractivity contribution in [1.82, 2.24) is 14.8 Å². The quantitative estimate of drug-likeness (QED) is 0.673. The zero-order valence-electron chi connectivity index (χ0n) is 20.4. The Bertz CT molecular complexity index is 1100. The van der Waals surface area contributed by atoms with Crippen LogP contribution in [0.4, 0.5) is 5.82 Å². The lowest BCUT2D eigenvalue weighted by Crippen LogP contribution is -2.56. The maximum absolute atomic E-state index is 13.3. The minimum Gasteiger partial charge on any atom is -0.333 e. The molecule has 0 radical (unpaired) electrons. The lowest BCUT2D eigenvalue weighted by Gasteiger charge is -2.39. The first-order chi connectivity index (χ1) is 16.4. The molecule has 0 saturated heterocycles. The molecule has 2 amide bonds. The Morgan fingerprint density at radius 2 is 1.88 bits per heavy atom. The van der Waals surface area contributed by atoms with Crippen molar-refractivity contribution in [3.05, 3.63) is 59.3 Å². The molecular formula is C28H34N4O2. The van der Waals surface area contributed by atoms with Gasteiger partial charge in [0.15, 0.2) is 0 Å². The third-order valence-electron chi connectivity index (χ3n) is 7.36. The first-order valence-electron chi connectivity index (χ1n) is 12.2. The second kappa shape index (κ2) is 10.4. The molecule has 0 unspecified atom stereocenters. The number of hydrogen-bond acceptors (Lipinski definition) is 4. The van der Waals surface area contributed by atoms with Crippen LogP contribution in [-0.4, -0.2) is 59.3 Å². The number of nitrogens with one attached hydrogen (secondary N) is 1. The second-order valence-corrected chi connectivity index (χ2v) is 9.51. The highest BCUT2D eigenvalue weighted by atomic mass is 16.2. The van der Waals surface area contributed by atoms with Crippen LogP contribution < -0.4 is 5.32 Å². The van der Waals surface area contributed by atoms with Gasteiger partial charge in [0.1, 0.15) is 11.4 Å². The smallest absolute Gasteiger partial charge is 0.243 e. The normalized spacial score (nSPS) is 18.2. The van der Waals surface area contributed by atoms with Crippen LogP contribution >= 0.6 is 0 Å². The molecule has 178 valence electrons.